The number of fused-ring (bicyclic) bond motifs is 2. The van der Waals surface area contributed by atoms with Gasteiger partial charge in [-0.25, -0.2) is 0 Å². The zero-order chi connectivity index (χ0) is 16.7. The zero-order valence-electron chi connectivity index (χ0n) is 12.8. The fourth-order valence-corrected chi connectivity index (χ4v) is 3.17. The van der Waals surface area contributed by atoms with E-state index in [1.165, 1.54) is 12.1 Å². The van der Waals surface area contributed by atoms with Crippen LogP contribution in [0.3, 0.4) is 0 Å². The van der Waals surface area contributed by atoms with Crippen molar-refractivity contribution in [2.45, 2.75) is 6.42 Å². The number of hydrogen-bond acceptors (Lipinski definition) is 3. The van der Waals surface area contributed by atoms with E-state index >= 15 is 0 Å². The topological polar surface area (TPSA) is 63.5 Å². The minimum absolute atomic E-state index is 0.00645. The Morgan fingerprint density at radius 3 is 2.58 bits per heavy atom. The minimum atomic E-state index is -0.433. The molecule has 3 aromatic rings. The third-order valence-corrected chi connectivity index (χ3v) is 4.42. The maximum atomic E-state index is 12.9. The lowest BCUT2D eigenvalue weighted by molar-refractivity contribution is -0.384. The van der Waals surface area contributed by atoms with E-state index in [0.29, 0.717) is 24.2 Å². The van der Waals surface area contributed by atoms with Crippen molar-refractivity contribution in [1.82, 2.24) is 0 Å². The van der Waals surface area contributed by atoms with Gasteiger partial charge in [-0.2, -0.15) is 0 Å². The molecule has 5 nitrogen and oxygen atoms in total. The predicted molar refractivity (Wildman–Crippen MR) is 92.4 cm³/mol. The standard InChI is InChI=1S/C19H14N2O3/c22-19(16-6-5-13-3-1-2-4-15(13)11-16)20-10-9-14-7-8-17(21(23)24)12-18(14)20/h1-8,11-12H,9-10H2. The molecule has 0 aromatic heterocycles. The Kier molecular flexibility index (Phi) is 3.27. The number of carbonyl (C=O) groups excluding carboxylic acids is 1. The van der Waals surface area contributed by atoms with Crippen LogP contribution in [0.5, 0.6) is 0 Å². The highest BCUT2D eigenvalue weighted by molar-refractivity contribution is 6.09. The summed E-state index contributed by atoms with van der Waals surface area (Å²) >= 11 is 0. The van der Waals surface area contributed by atoms with Gasteiger partial charge in [0, 0.05) is 24.2 Å². The van der Waals surface area contributed by atoms with E-state index in [2.05, 4.69) is 0 Å². The first-order chi connectivity index (χ1) is 11.6. The summed E-state index contributed by atoms with van der Waals surface area (Å²) in [4.78, 5) is 25.1. The Hall–Kier alpha value is -3.21. The fraction of sp³-hybridized carbons (Fsp3) is 0.105. The number of hydrogen-bond donors (Lipinski definition) is 0. The normalized spacial score (nSPS) is 13.1. The second-order valence-electron chi connectivity index (χ2n) is 5.84. The van der Waals surface area contributed by atoms with Gasteiger partial charge in [0.05, 0.1) is 10.6 Å². The van der Waals surface area contributed by atoms with E-state index < -0.39 is 4.92 Å². The number of nitrogens with zero attached hydrogens (tertiary/aromatic N) is 2. The first-order valence-corrected chi connectivity index (χ1v) is 7.71. The lowest BCUT2D eigenvalue weighted by atomic mass is 10.1. The van der Waals surface area contributed by atoms with Crippen LogP contribution < -0.4 is 4.90 Å². The maximum absolute atomic E-state index is 12.9. The average Bonchev–Trinajstić information content (AvgIpc) is 3.03. The summed E-state index contributed by atoms with van der Waals surface area (Å²) in [6.45, 7) is 0.544. The van der Waals surface area contributed by atoms with Crippen molar-refractivity contribution in [3.05, 3.63) is 81.9 Å². The molecule has 1 aliphatic heterocycles. The molecule has 1 aliphatic rings. The van der Waals surface area contributed by atoms with E-state index in [9.17, 15) is 14.9 Å². The summed E-state index contributed by atoms with van der Waals surface area (Å²) in [5.74, 6) is -0.125. The maximum Gasteiger partial charge on any atom is 0.271 e. The molecule has 118 valence electrons. The predicted octanol–water partition coefficient (Wildman–Crippen LogP) is 3.95. The second kappa shape index (κ2) is 5.45. The SMILES string of the molecule is O=C(c1ccc2ccccc2c1)N1CCc2ccc([N+](=O)[O-])cc21. The summed E-state index contributed by atoms with van der Waals surface area (Å²) < 4.78 is 0. The Morgan fingerprint density at radius 2 is 1.79 bits per heavy atom. The van der Waals surface area contributed by atoms with Crippen molar-refractivity contribution in [2.75, 3.05) is 11.4 Å². The Morgan fingerprint density at radius 1 is 1.00 bits per heavy atom. The molecule has 0 unspecified atom stereocenters. The van der Waals surface area contributed by atoms with Crippen LogP contribution in [0.25, 0.3) is 10.8 Å². The highest BCUT2D eigenvalue weighted by atomic mass is 16.6. The van der Waals surface area contributed by atoms with Crippen molar-refractivity contribution in [3.63, 3.8) is 0 Å². The number of nitro groups is 1. The molecule has 3 aromatic carbocycles. The highest BCUT2D eigenvalue weighted by Gasteiger charge is 2.27. The molecule has 0 spiro atoms. The smallest absolute Gasteiger partial charge is 0.271 e. The Balaban J connectivity index is 1.73. The van der Waals surface area contributed by atoms with Gasteiger partial charge < -0.3 is 4.90 Å². The van der Waals surface area contributed by atoms with Crippen LogP contribution in [-0.2, 0) is 6.42 Å². The van der Waals surface area contributed by atoms with Gasteiger partial charge >= 0.3 is 0 Å². The second-order valence-corrected chi connectivity index (χ2v) is 5.84. The van der Waals surface area contributed by atoms with Crippen LogP contribution in [0.15, 0.2) is 60.7 Å². The fourth-order valence-electron chi connectivity index (χ4n) is 3.17. The van der Waals surface area contributed by atoms with E-state index in [4.69, 9.17) is 0 Å². The van der Waals surface area contributed by atoms with Gasteiger partial charge in [0.15, 0.2) is 0 Å². The number of benzene rings is 3. The molecule has 1 heterocycles. The van der Waals surface area contributed by atoms with Gasteiger partial charge in [-0.1, -0.05) is 36.4 Å². The molecular formula is C19H14N2O3. The molecular weight excluding hydrogens is 304 g/mol. The van der Waals surface area contributed by atoms with Crippen LogP contribution >= 0.6 is 0 Å². The summed E-state index contributed by atoms with van der Waals surface area (Å²) in [6, 6.07) is 18.2. The quantitative estimate of drug-likeness (QED) is 0.531. The summed E-state index contributed by atoms with van der Waals surface area (Å²) in [6.07, 6.45) is 0.715. The number of carbonyl (C=O) groups is 1. The van der Waals surface area contributed by atoms with E-state index in [-0.39, 0.29) is 11.6 Å². The van der Waals surface area contributed by atoms with Gasteiger partial charge in [0.1, 0.15) is 0 Å². The highest BCUT2D eigenvalue weighted by Crippen LogP contribution is 2.33. The molecule has 0 saturated carbocycles. The molecule has 1 amide bonds. The van der Waals surface area contributed by atoms with Gasteiger partial charge in [0.2, 0.25) is 0 Å². The van der Waals surface area contributed by atoms with Crippen LogP contribution in [-0.4, -0.2) is 17.4 Å². The molecule has 0 saturated heterocycles. The summed E-state index contributed by atoms with van der Waals surface area (Å²) in [5.41, 5.74) is 2.21. The van der Waals surface area contributed by atoms with Crippen LogP contribution in [0.4, 0.5) is 11.4 Å². The lowest BCUT2D eigenvalue weighted by Gasteiger charge is -2.17. The molecule has 0 radical (unpaired) electrons. The molecule has 5 heteroatoms. The molecule has 0 aliphatic carbocycles. The monoisotopic (exact) mass is 318 g/mol. The number of non-ortho nitro benzene ring substituents is 1. The summed E-state index contributed by atoms with van der Waals surface area (Å²) in [7, 11) is 0. The van der Waals surface area contributed by atoms with Crippen LogP contribution in [0, 0.1) is 10.1 Å². The van der Waals surface area contributed by atoms with Crippen molar-refractivity contribution in [2.24, 2.45) is 0 Å². The molecule has 0 atom stereocenters. The molecule has 0 bridgehead atoms. The minimum Gasteiger partial charge on any atom is -0.308 e. The van der Waals surface area contributed by atoms with Crippen molar-refractivity contribution >= 4 is 28.1 Å². The van der Waals surface area contributed by atoms with E-state index in [0.717, 1.165) is 16.3 Å². The molecule has 0 fully saturated rings. The van der Waals surface area contributed by atoms with Gasteiger partial charge in [-0.05, 0) is 34.9 Å². The zero-order valence-corrected chi connectivity index (χ0v) is 12.8. The third kappa shape index (κ3) is 2.31. The van der Waals surface area contributed by atoms with Crippen LogP contribution in [0.1, 0.15) is 15.9 Å². The van der Waals surface area contributed by atoms with Crippen molar-refractivity contribution in [1.29, 1.82) is 0 Å². The molecule has 0 N–H and O–H groups in total. The third-order valence-electron chi connectivity index (χ3n) is 4.42. The van der Waals surface area contributed by atoms with Gasteiger partial charge in [-0.3, -0.25) is 14.9 Å². The van der Waals surface area contributed by atoms with Gasteiger partial charge in [-0.15, -0.1) is 0 Å². The molecule has 4 rings (SSSR count). The number of amides is 1. The number of rotatable bonds is 2. The first kappa shape index (κ1) is 14.4. The van der Waals surface area contributed by atoms with Crippen molar-refractivity contribution < 1.29 is 9.72 Å². The first-order valence-electron chi connectivity index (χ1n) is 7.71. The Bertz CT molecular complexity index is 981. The molecule has 24 heavy (non-hydrogen) atoms. The Labute approximate surface area is 138 Å². The van der Waals surface area contributed by atoms with Crippen molar-refractivity contribution in [3.8, 4) is 0 Å². The van der Waals surface area contributed by atoms with E-state index in [1.54, 1.807) is 17.0 Å². The lowest BCUT2D eigenvalue weighted by Crippen LogP contribution is -2.28. The van der Waals surface area contributed by atoms with E-state index in [1.807, 2.05) is 36.4 Å². The largest absolute Gasteiger partial charge is 0.308 e. The summed E-state index contributed by atoms with van der Waals surface area (Å²) in [5, 5.41) is 13.1. The number of anilines is 1. The number of nitro benzene ring substituents is 1. The van der Waals surface area contributed by atoms with Crippen LogP contribution in [0.2, 0.25) is 0 Å². The average molecular weight is 318 g/mol. The van der Waals surface area contributed by atoms with Gasteiger partial charge in [0.25, 0.3) is 11.6 Å².